The smallest absolute Gasteiger partial charge is 0.410 e. The van der Waals surface area contributed by atoms with Crippen LogP contribution < -0.4 is 5.73 Å². The highest BCUT2D eigenvalue weighted by Gasteiger charge is 2.30. The zero-order valence-electron chi connectivity index (χ0n) is 21.8. The molecule has 7 heteroatoms. The molecular weight excluding hydrogens is 450 g/mol. The van der Waals surface area contributed by atoms with Gasteiger partial charge in [0, 0.05) is 37.2 Å². The van der Waals surface area contributed by atoms with Gasteiger partial charge < -0.3 is 20.5 Å². The lowest BCUT2D eigenvalue weighted by atomic mass is 9.92. The summed E-state index contributed by atoms with van der Waals surface area (Å²) < 4.78 is 5.50. The average molecular weight is 494 g/mol. The third-order valence-electron chi connectivity index (χ3n) is 4.95. The normalized spacial score (nSPS) is 14.9. The molecule has 1 aromatic carbocycles. The van der Waals surface area contributed by atoms with Crippen LogP contribution in [-0.4, -0.2) is 59.4 Å². The minimum atomic E-state index is -0.495. The summed E-state index contributed by atoms with van der Waals surface area (Å²) in [6, 6.07) is 5.88. The fraction of sp³-hybridized carbons (Fsp3) is 0.519. The Bertz CT molecular complexity index is 795. The first kappa shape index (κ1) is 31.7. The number of carbonyl (C=O) groups is 1. The number of rotatable bonds is 6. The minimum absolute atomic E-state index is 0.113. The number of allylic oxidation sites excluding steroid dienone is 1. The second-order valence-electron chi connectivity index (χ2n) is 8.55. The molecule has 1 saturated heterocycles. The molecule has 1 heterocycles. The average Bonchev–Trinajstić information content (AvgIpc) is 2.80. The van der Waals surface area contributed by atoms with E-state index in [4.69, 9.17) is 16.3 Å². The third-order valence-corrected chi connectivity index (χ3v) is 5.18. The molecule has 1 atom stereocenters. The first-order valence-electron chi connectivity index (χ1n) is 11.8. The Morgan fingerprint density at radius 3 is 2.29 bits per heavy atom. The van der Waals surface area contributed by atoms with Crippen LogP contribution in [-0.2, 0) is 4.74 Å². The molecule has 0 aliphatic carbocycles. The van der Waals surface area contributed by atoms with Crippen molar-refractivity contribution in [1.82, 2.24) is 9.80 Å². The van der Waals surface area contributed by atoms with Crippen molar-refractivity contribution in [2.24, 2.45) is 5.73 Å². The van der Waals surface area contributed by atoms with Gasteiger partial charge in [-0.2, -0.15) is 0 Å². The molecule has 1 aromatic rings. The number of aliphatic hydroxyl groups excluding tert-OH is 1. The van der Waals surface area contributed by atoms with Crippen molar-refractivity contribution in [3.63, 3.8) is 0 Å². The van der Waals surface area contributed by atoms with Gasteiger partial charge in [-0.05, 0) is 69.1 Å². The molecule has 192 valence electrons. The summed E-state index contributed by atoms with van der Waals surface area (Å²) in [5.41, 5.74) is 6.76. The fourth-order valence-corrected chi connectivity index (χ4v) is 3.66. The van der Waals surface area contributed by atoms with Gasteiger partial charge in [0.15, 0.2) is 0 Å². The van der Waals surface area contributed by atoms with Gasteiger partial charge >= 0.3 is 6.09 Å². The largest absolute Gasteiger partial charge is 0.444 e. The zero-order valence-corrected chi connectivity index (χ0v) is 22.6. The number of aliphatic hydroxyl groups is 1. The summed E-state index contributed by atoms with van der Waals surface area (Å²) in [5.74, 6) is 0. The van der Waals surface area contributed by atoms with Gasteiger partial charge in [-0.15, -0.1) is 0 Å². The topological polar surface area (TPSA) is 79.0 Å². The maximum absolute atomic E-state index is 12.4. The Kier molecular flexibility index (Phi) is 15.3. The molecule has 0 spiro atoms. The molecule has 1 aliphatic rings. The molecule has 1 aliphatic heterocycles. The van der Waals surface area contributed by atoms with Gasteiger partial charge in [0.1, 0.15) is 5.60 Å². The zero-order chi connectivity index (χ0) is 26.3. The predicted octanol–water partition coefficient (Wildman–Crippen LogP) is 6.02. The summed E-state index contributed by atoms with van der Waals surface area (Å²) >= 11 is 6.21. The molecule has 0 bridgehead atoms. The van der Waals surface area contributed by atoms with Crippen LogP contribution in [0, 0.1) is 0 Å². The Labute approximate surface area is 211 Å². The number of hydrogen-bond donors (Lipinski definition) is 2. The van der Waals surface area contributed by atoms with E-state index in [0.29, 0.717) is 23.7 Å². The molecule has 0 saturated carbocycles. The van der Waals surface area contributed by atoms with E-state index in [0.717, 1.165) is 30.6 Å². The lowest BCUT2D eigenvalue weighted by molar-refractivity contribution is 0.0103. The quantitative estimate of drug-likeness (QED) is 0.473. The number of piperazine rings is 1. The summed E-state index contributed by atoms with van der Waals surface area (Å²) in [5, 5.41) is 10.3. The van der Waals surface area contributed by atoms with Crippen LogP contribution in [0.15, 0.2) is 49.7 Å². The van der Waals surface area contributed by atoms with Gasteiger partial charge in [-0.25, -0.2) is 4.79 Å². The van der Waals surface area contributed by atoms with Crippen LogP contribution in [0.25, 0.3) is 5.57 Å². The number of ether oxygens (including phenoxy) is 1. The minimum Gasteiger partial charge on any atom is -0.444 e. The highest BCUT2D eigenvalue weighted by molar-refractivity contribution is 6.30. The third kappa shape index (κ3) is 10.8. The Morgan fingerprint density at radius 2 is 1.82 bits per heavy atom. The van der Waals surface area contributed by atoms with E-state index in [9.17, 15) is 9.90 Å². The molecular formula is C27H44ClN3O3. The lowest BCUT2D eigenvalue weighted by Crippen LogP contribution is -2.50. The molecule has 3 N–H and O–H groups in total. The lowest BCUT2D eigenvalue weighted by Gasteiger charge is -2.40. The molecule has 0 radical (unpaired) electrons. The van der Waals surface area contributed by atoms with E-state index in [2.05, 4.69) is 29.9 Å². The van der Waals surface area contributed by atoms with Crippen molar-refractivity contribution in [1.29, 1.82) is 0 Å². The van der Waals surface area contributed by atoms with Crippen molar-refractivity contribution in [3.8, 4) is 0 Å². The van der Waals surface area contributed by atoms with Crippen LogP contribution in [0.3, 0.4) is 0 Å². The molecule has 0 aromatic heterocycles. The fourth-order valence-electron chi connectivity index (χ4n) is 3.49. The highest BCUT2D eigenvalue weighted by atomic mass is 35.5. The van der Waals surface area contributed by atoms with Crippen molar-refractivity contribution < 1.29 is 14.6 Å². The van der Waals surface area contributed by atoms with E-state index in [1.165, 1.54) is 6.20 Å². The molecule has 6 nitrogen and oxygen atoms in total. The van der Waals surface area contributed by atoms with Crippen LogP contribution in [0.5, 0.6) is 0 Å². The molecule has 1 fully saturated rings. The van der Waals surface area contributed by atoms with Gasteiger partial charge in [-0.3, -0.25) is 4.90 Å². The summed E-state index contributed by atoms with van der Waals surface area (Å²) in [6.07, 6.45) is 6.00. The van der Waals surface area contributed by atoms with Gasteiger partial charge in [0.05, 0.1) is 6.61 Å². The van der Waals surface area contributed by atoms with Gasteiger partial charge in [0.2, 0.25) is 0 Å². The molecule has 2 rings (SSSR count). The number of amides is 1. The highest BCUT2D eigenvalue weighted by Crippen LogP contribution is 2.33. The monoisotopic (exact) mass is 493 g/mol. The Hall–Kier alpha value is -2.28. The van der Waals surface area contributed by atoms with Crippen LogP contribution in [0.4, 0.5) is 4.79 Å². The van der Waals surface area contributed by atoms with E-state index in [1.807, 2.05) is 65.8 Å². The number of nitrogens with zero attached hydrogens (tertiary/aromatic N) is 2. The van der Waals surface area contributed by atoms with Crippen molar-refractivity contribution in [3.05, 3.63) is 65.9 Å². The first-order valence-corrected chi connectivity index (χ1v) is 12.2. The summed E-state index contributed by atoms with van der Waals surface area (Å²) in [7, 11) is 0. The maximum Gasteiger partial charge on any atom is 0.410 e. The Balaban J connectivity index is 0.00000201. The van der Waals surface area contributed by atoms with Crippen molar-refractivity contribution in [2.45, 2.75) is 59.6 Å². The molecule has 34 heavy (non-hydrogen) atoms. The first-order chi connectivity index (χ1) is 16.1. The maximum atomic E-state index is 12.4. The van der Waals surface area contributed by atoms with Crippen molar-refractivity contribution in [2.75, 3.05) is 32.8 Å². The summed E-state index contributed by atoms with van der Waals surface area (Å²) in [6.45, 7) is 21.4. The van der Waals surface area contributed by atoms with E-state index >= 15 is 0 Å². The van der Waals surface area contributed by atoms with Crippen LogP contribution >= 0.6 is 11.6 Å². The van der Waals surface area contributed by atoms with Crippen LogP contribution in [0.1, 0.15) is 65.1 Å². The van der Waals surface area contributed by atoms with E-state index < -0.39 is 5.60 Å². The number of nitrogens with two attached hydrogens (primary N) is 1. The van der Waals surface area contributed by atoms with Crippen molar-refractivity contribution >= 4 is 23.3 Å². The van der Waals surface area contributed by atoms with Gasteiger partial charge in [-0.1, -0.05) is 56.8 Å². The molecule has 1 amide bonds. The Morgan fingerprint density at radius 1 is 1.26 bits per heavy atom. The number of carbonyl (C=O) groups excluding carboxylic acids is 1. The number of hydrogen-bond acceptors (Lipinski definition) is 5. The second kappa shape index (κ2) is 16.4. The predicted molar refractivity (Wildman–Crippen MR) is 145 cm³/mol. The summed E-state index contributed by atoms with van der Waals surface area (Å²) in [4.78, 5) is 16.5. The second-order valence-corrected chi connectivity index (χ2v) is 8.99. The number of halogens is 1. The number of benzene rings is 1. The van der Waals surface area contributed by atoms with Crippen LogP contribution in [0.2, 0.25) is 5.02 Å². The van der Waals surface area contributed by atoms with E-state index in [1.54, 1.807) is 4.90 Å². The molecule has 1 unspecified atom stereocenters. The standard InChI is InChI=1S/C23H33ClN2O3.C2H5N.C2H6/c1-6-7-8-21(19-10-9-18(24)15-20(19)17(2)16-27)25-11-13-26(14-12-25)22(28)29-23(3,4)5;1-2-3;1-2/h6-7,9-10,15,21,27H,2,8,11-14,16H2,1,3-5H3;2H,1,3H2;1-2H3/b7-6-;;. The SMILES string of the molecule is C=C(CO)c1cc(Cl)ccc1C(C/C=C\C)N1CCN(C(=O)OC(C)(C)C)CC1.C=CN.CC. The van der Waals surface area contributed by atoms with E-state index in [-0.39, 0.29) is 18.7 Å². The van der Waals surface area contributed by atoms with Gasteiger partial charge in [0.25, 0.3) is 0 Å².